The summed E-state index contributed by atoms with van der Waals surface area (Å²) in [5.74, 6) is -0.0394. The minimum atomic E-state index is -0.0394. The van der Waals surface area contributed by atoms with Crippen LogP contribution >= 0.6 is 15.9 Å². The molecule has 1 aliphatic rings. The van der Waals surface area contributed by atoms with Gasteiger partial charge in [-0.3, -0.25) is 4.79 Å². The molecular formula is C12H18BrN3O. The Hall–Kier alpha value is -0.810. The highest BCUT2D eigenvalue weighted by Gasteiger charge is 2.17. The van der Waals surface area contributed by atoms with Crippen LogP contribution in [0.2, 0.25) is 0 Å². The molecule has 0 aromatic carbocycles. The molecule has 1 aliphatic heterocycles. The Morgan fingerprint density at radius 3 is 2.88 bits per heavy atom. The van der Waals surface area contributed by atoms with Gasteiger partial charge in [0.2, 0.25) is 0 Å². The van der Waals surface area contributed by atoms with Crippen LogP contribution in [-0.2, 0) is 0 Å². The molecular weight excluding hydrogens is 282 g/mol. The Balaban J connectivity index is 1.81. The summed E-state index contributed by atoms with van der Waals surface area (Å²) in [7, 11) is 0. The highest BCUT2D eigenvalue weighted by molar-refractivity contribution is 9.10. The van der Waals surface area contributed by atoms with Gasteiger partial charge in [-0.15, -0.1) is 0 Å². The number of likely N-dealkylation sites (tertiary alicyclic amines) is 1. The smallest absolute Gasteiger partial charge is 0.267 e. The van der Waals surface area contributed by atoms with Crippen molar-refractivity contribution in [3.8, 4) is 0 Å². The van der Waals surface area contributed by atoms with E-state index in [0.29, 0.717) is 5.69 Å². The molecule has 0 aliphatic carbocycles. The summed E-state index contributed by atoms with van der Waals surface area (Å²) in [5.41, 5.74) is 0.602. The van der Waals surface area contributed by atoms with E-state index in [1.165, 1.54) is 12.8 Å². The molecule has 1 saturated heterocycles. The van der Waals surface area contributed by atoms with Gasteiger partial charge in [0.25, 0.3) is 5.91 Å². The second-order valence-electron chi connectivity index (χ2n) is 4.61. The molecule has 1 atom stereocenters. The Kier molecular flexibility index (Phi) is 4.23. The molecule has 1 aromatic rings. The standard InChI is InChI=1S/C12H18BrN3O/c1-9(8-16-4-2-3-5-16)15-12(17)11-6-10(13)7-14-11/h6-7,9,14H,2-5,8H2,1H3,(H,15,17). The van der Waals surface area contributed by atoms with E-state index in [1.807, 2.05) is 6.92 Å². The highest BCUT2D eigenvalue weighted by Crippen LogP contribution is 2.11. The quantitative estimate of drug-likeness (QED) is 0.893. The van der Waals surface area contributed by atoms with Crippen molar-refractivity contribution in [2.75, 3.05) is 19.6 Å². The Labute approximate surface area is 110 Å². The fourth-order valence-corrected chi connectivity index (χ4v) is 2.54. The molecule has 94 valence electrons. The van der Waals surface area contributed by atoms with Crippen molar-refractivity contribution >= 4 is 21.8 Å². The predicted molar refractivity (Wildman–Crippen MR) is 71.1 cm³/mol. The SMILES string of the molecule is CC(CN1CCCC1)NC(=O)c1cc(Br)c[nH]1. The van der Waals surface area contributed by atoms with Gasteiger partial charge in [-0.1, -0.05) is 0 Å². The van der Waals surface area contributed by atoms with Crippen molar-refractivity contribution in [1.82, 2.24) is 15.2 Å². The normalized spacial score (nSPS) is 18.2. The number of nitrogens with zero attached hydrogens (tertiary/aromatic N) is 1. The number of nitrogens with one attached hydrogen (secondary N) is 2. The van der Waals surface area contributed by atoms with E-state index < -0.39 is 0 Å². The Bertz CT molecular complexity index is 385. The van der Waals surface area contributed by atoms with Crippen LogP contribution in [0.25, 0.3) is 0 Å². The third kappa shape index (κ3) is 3.57. The topological polar surface area (TPSA) is 48.1 Å². The predicted octanol–water partition coefficient (Wildman–Crippen LogP) is 1.99. The summed E-state index contributed by atoms with van der Waals surface area (Å²) < 4.78 is 0.898. The molecule has 1 unspecified atom stereocenters. The number of hydrogen-bond acceptors (Lipinski definition) is 2. The lowest BCUT2D eigenvalue weighted by Gasteiger charge is -2.20. The van der Waals surface area contributed by atoms with Crippen LogP contribution in [0, 0.1) is 0 Å². The molecule has 1 aromatic heterocycles. The zero-order valence-electron chi connectivity index (χ0n) is 10.0. The van der Waals surface area contributed by atoms with E-state index in [4.69, 9.17) is 0 Å². The minimum Gasteiger partial charge on any atom is -0.356 e. The zero-order chi connectivity index (χ0) is 12.3. The van der Waals surface area contributed by atoms with Crippen LogP contribution in [0.1, 0.15) is 30.3 Å². The first-order valence-corrected chi connectivity index (χ1v) is 6.81. The first-order chi connectivity index (χ1) is 8.15. The lowest BCUT2D eigenvalue weighted by atomic mass is 10.3. The number of carbonyl (C=O) groups excluding carboxylic acids is 1. The molecule has 1 amide bonds. The lowest BCUT2D eigenvalue weighted by Crippen LogP contribution is -2.41. The summed E-state index contributed by atoms with van der Waals surface area (Å²) >= 11 is 3.32. The third-order valence-corrected chi connectivity index (χ3v) is 3.46. The van der Waals surface area contributed by atoms with Gasteiger partial charge in [0.05, 0.1) is 0 Å². The number of aromatic amines is 1. The van der Waals surface area contributed by atoms with Crippen molar-refractivity contribution in [1.29, 1.82) is 0 Å². The molecule has 5 heteroatoms. The van der Waals surface area contributed by atoms with E-state index in [2.05, 4.69) is 31.1 Å². The van der Waals surface area contributed by atoms with E-state index in [9.17, 15) is 4.79 Å². The van der Waals surface area contributed by atoms with Crippen molar-refractivity contribution < 1.29 is 4.79 Å². The Morgan fingerprint density at radius 2 is 2.29 bits per heavy atom. The van der Waals surface area contributed by atoms with Crippen molar-refractivity contribution in [2.45, 2.75) is 25.8 Å². The van der Waals surface area contributed by atoms with Crippen LogP contribution in [0.15, 0.2) is 16.7 Å². The molecule has 0 saturated carbocycles. The second kappa shape index (κ2) is 5.69. The average Bonchev–Trinajstić information content (AvgIpc) is 2.89. The molecule has 1 fully saturated rings. The van der Waals surface area contributed by atoms with Gasteiger partial charge >= 0.3 is 0 Å². The molecule has 4 nitrogen and oxygen atoms in total. The van der Waals surface area contributed by atoms with Crippen LogP contribution in [-0.4, -0.2) is 41.5 Å². The number of rotatable bonds is 4. The summed E-state index contributed by atoms with van der Waals surface area (Å²) in [6, 6.07) is 1.97. The maximum absolute atomic E-state index is 11.9. The molecule has 0 spiro atoms. The van der Waals surface area contributed by atoms with Crippen LogP contribution in [0.5, 0.6) is 0 Å². The number of H-pyrrole nitrogens is 1. The van der Waals surface area contributed by atoms with Crippen LogP contribution in [0.4, 0.5) is 0 Å². The summed E-state index contributed by atoms with van der Waals surface area (Å²) in [6.45, 7) is 5.31. The van der Waals surface area contributed by atoms with Gasteiger partial charge in [0.1, 0.15) is 5.69 Å². The molecule has 17 heavy (non-hydrogen) atoms. The third-order valence-electron chi connectivity index (χ3n) is 3.00. The number of aromatic nitrogens is 1. The molecule has 2 N–H and O–H groups in total. The van der Waals surface area contributed by atoms with Gasteiger partial charge in [-0.2, -0.15) is 0 Å². The minimum absolute atomic E-state index is 0.0394. The van der Waals surface area contributed by atoms with Crippen LogP contribution < -0.4 is 5.32 Å². The fraction of sp³-hybridized carbons (Fsp3) is 0.583. The van der Waals surface area contributed by atoms with Gasteiger partial charge in [-0.25, -0.2) is 0 Å². The number of amides is 1. The molecule has 0 radical (unpaired) electrons. The summed E-state index contributed by atoms with van der Waals surface area (Å²) in [4.78, 5) is 17.2. The van der Waals surface area contributed by atoms with Crippen molar-refractivity contribution in [3.63, 3.8) is 0 Å². The van der Waals surface area contributed by atoms with Gasteiger partial charge in [0.15, 0.2) is 0 Å². The van der Waals surface area contributed by atoms with E-state index in [0.717, 1.165) is 24.1 Å². The zero-order valence-corrected chi connectivity index (χ0v) is 11.6. The van der Waals surface area contributed by atoms with Gasteiger partial charge < -0.3 is 15.2 Å². The lowest BCUT2D eigenvalue weighted by molar-refractivity contribution is 0.0927. The van der Waals surface area contributed by atoms with Crippen molar-refractivity contribution in [3.05, 3.63) is 22.4 Å². The maximum atomic E-state index is 11.9. The monoisotopic (exact) mass is 299 g/mol. The summed E-state index contributed by atoms with van der Waals surface area (Å²) in [6.07, 6.45) is 4.33. The van der Waals surface area contributed by atoms with Gasteiger partial charge in [0, 0.05) is 23.3 Å². The Morgan fingerprint density at radius 1 is 1.59 bits per heavy atom. The number of carbonyl (C=O) groups is 1. The van der Waals surface area contributed by atoms with E-state index >= 15 is 0 Å². The molecule has 0 bridgehead atoms. The van der Waals surface area contributed by atoms with Crippen LogP contribution in [0.3, 0.4) is 0 Å². The molecule has 2 heterocycles. The highest BCUT2D eigenvalue weighted by atomic mass is 79.9. The van der Waals surface area contributed by atoms with E-state index in [-0.39, 0.29) is 11.9 Å². The first kappa shape index (κ1) is 12.6. The molecule has 2 rings (SSSR count). The second-order valence-corrected chi connectivity index (χ2v) is 5.53. The largest absolute Gasteiger partial charge is 0.356 e. The average molecular weight is 300 g/mol. The number of hydrogen-bond donors (Lipinski definition) is 2. The van der Waals surface area contributed by atoms with Crippen molar-refractivity contribution in [2.24, 2.45) is 0 Å². The first-order valence-electron chi connectivity index (χ1n) is 6.02. The van der Waals surface area contributed by atoms with Gasteiger partial charge in [-0.05, 0) is 54.9 Å². The fourth-order valence-electron chi connectivity index (χ4n) is 2.20. The maximum Gasteiger partial charge on any atom is 0.267 e. The number of halogens is 1. The summed E-state index contributed by atoms with van der Waals surface area (Å²) in [5, 5.41) is 3.00. The van der Waals surface area contributed by atoms with E-state index in [1.54, 1.807) is 12.3 Å².